The first-order chi connectivity index (χ1) is 10.2. The Morgan fingerprint density at radius 2 is 2.05 bits per heavy atom. The summed E-state index contributed by atoms with van der Waals surface area (Å²) in [4.78, 5) is 15.1. The van der Waals surface area contributed by atoms with Gasteiger partial charge >= 0.3 is 5.97 Å². The van der Waals surface area contributed by atoms with E-state index in [0.717, 1.165) is 29.9 Å². The molecule has 22 heavy (non-hydrogen) atoms. The van der Waals surface area contributed by atoms with Gasteiger partial charge in [-0.15, -0.1) is 0 Å². The number of esters is 1. The highest BCUT2D eigenvalue weighted by Gasteiger charge is 2.37. The van der Waals surface area contributed by atoms with Gasteiger partial charge in [0.25, 0.3) is 0 Å². The molecule has 1 unspecified atom stereocenters. The van der Waals surface area contributed by atoms with Gasteiger partial charge in [0.15, 0.2) is 0 Å². The van der Waals surface area contributed by atoms with E-state index in [2.05, 4.69) is 25.7 Å². The molecule has 2 atom stereocenters. The molecular weight excluding hydrogens is 296 g/mol. The number of nitrogens with two attached hydrogens (primary N) is 1. The minimum Gasteiger partial charge on any atom is -0.469 e. The minimum absolute atomic E-state index is 0.0710. The zero-order valence-electron chi connectivity index (χ0n) is 14.5. The SMILES string of the molecule is CC/C(N)=C/C(=S)CN1CC(C(C)(C)C)C[C@@H](C(=O)OC)C1. The molecule has 1 fully saturated rings. The Hall–Kier alpha value is -0.940. The number of thiocarbonyl (C=S) groups is 1. The molecular formula is C17H30N2O2S. The van der Waals surface area contributed by atoms with Crippen molar-refractivity contribution in [1.82, 2.24) is 4.90 Å². The second kappa shape index (κ2) is 8.06. The topological polar surface area (TPSA) is 55.6 Å². The van der Waals surface area contributed by atoms with E-state index in [9.17, 15) is 4.79 Å². The first-order valence-electron chi connectivity index (χ1n) is 7.96. The van der Waals surface area contributed by atoms with Gasteiger partial charge in [-0.2, -0.15) is 0 Å². The Kier molecular flexibility index (Phi) is 7.00. The fourth-order valence-corrected chi connectivity index (χ4v) is 3.19. The van der Waals surface area contributed by atoms with Crippen molar-refractivity contribution in [3.63, 3.8) is 0 Å². The molecule has 0 aromatic heterocycles. The molecule has 5 heteroatoms. The molecule has 0 aliphatic carbocycles. The van der Waals surface area contributed by atoms with Crippen LogP contribution in [0.25, 0.3) is 0 Å². The molecule has 0 radical (unpaired) electrons. The number of carbonyl (C=O) groups excluding carboxylic acids is 1. The second-order valence-corrected chi connectivity index (χ2v) is 7.78. The molecule has 1 heterocycles. The maximum Gasteiger partial charge on any atom is 0.309 e. The molecule has 0 spiro atoms. The van der Waals surface area contributed by atoms with Gasteiger partial charge in [0.2, 0.25) is 0 Å². The van der Waals surface area contributed by atoms with Crippen LogP contribution in [-0.2, 0) is 9.53 Å². The molecule has 0 aromatic rings. The standard InChI is InChI=1S/C17H30N2O2S/c1-6-14(18)8-15(22)11-19-9-12(16(20)21-5)7-13(10-19)17(2,3)4/h8,12-13H,6-7,9-11,18H2,1-5H3/b14-8-/t12-,13?/m1/s1. The Balaban J connectivity index is 2.80. The average molecular weight is 327 g/mol. The number of rotatable bonds is 5. The van der Waals surface area contributed by atoms with E-state index in [1.807, 2.05) is 13.0 Å². The molecule has 126 valence electrons. The minimum atomic E-state index is -0.117. The maximum atomic E-state index is 12.0. The molecule has 2 N–H and O–H groups in total. The van der Waals surface area contributed by atoms with Crippen LogP contribution in [0.1, 0.15) is 40.5 Å². The summed E-state index contributed by atoms with van der Waals surface area (Å²) in [5.74, 6) is 0.257. The van der Waals surface area contributed by atoms with Crippen LogP contribution in [0, 0.1) is 17.3 Å². The van der Waals surface area contributed by atoms with Crippen LogP contribution in [0.2, 0.25) is 0 Å². The molecule has 0 amide bonds. The molecule has 0 saturated carbocycles. The van der Waals surface area contributed by atoms with E-state index >= 15 is 0 Å². The van der Waals surface area contributed by atoms with Gasteiger partial charge in [0.05, 0.1) is 13.0 Å². The molecule has 1 saturated heterocycles. The van der Waals surface area contributed by atoms with Gasteiger partial charge in [-0.25, -0.2) is 0 Å². The summed E-state index contributed by atoms with van der Waals surface area (Å²) in [6.45, 7) is 11.0. The van der Waals surface area contributed by atoms with E-state index in [-0.39, 0.29) is 17.3 Å². The molecule has 0 bridgehead atoms. The van der Waals surface area contributed by atoms with E-state index in [4.69, 9.17) is 22.7 Å². The highest BCUT2D eigenvalue weighted by molar-refractivity contribution is 7.80. The van der Waals surface area contributed by atoms with Gasteiger partial charge in [-0.1, -0.05) is 39.9 Å². The van der Waals surface area contributed by atoms with Crippen LogP contribution >= 0.6 is 12.2 Å². The van der Waals surface area contributed by atoms with Crippen LogP contribution in [0.4, 0.5) is 0 Å². The Bertz CT molecular complexity index is 440. The summed E-state index contributed by atoms with van der Waals surface area (Å²) in [5, 5.41) is 0. The number of methoxy groups -OCH3 is 1. The van der Waals surface area contributed by atoms with Crippen molar-refractivity contribution in [2.24, 2.45) is 23.0 Å². The first kappa shape index (κ1) is 19.1. The lowest BCUT2D eigenvalue weighted by atomic mass is 9.73. The highest BCUT2D eigenvalue weighted by atomic mass is 32.1. The number of hydrogen-bond donors (Lipinski definition) is 1. The van der Waals surface area contributed by atoms with Crippen molar-refractivity contribution >= 4 is 23.1 Å². The number of piperidine rings is 1. The first-order valence-corrected chi connectivity index (χ1v) is 8.37. The normalized spacial score (nSPS) is 24.1. The van der Waals surface area contributed by atoms with Crippen LogP contribution in [0.3, 0.4) is 0 Å². The summed E-state index contributed by atoms with van der Waals surface area (Å²) in [7, 11) is 1.46. The number of nitrogens with zero attached hydrogens (tertiary/aromatic N) is 1. The Labute approximate surface area is 140 Å². The maximum absolute atomic E-state index is 12.0. The third-order valence-electron chi connectivity index (χ3n) is 4.42. The van der Waals surface area contributed by atoms with E-state index < -0.39 is 0 Å². The van der Waals surface area contributed by atoms with E-state index in [1.165, 1.54) is 7.11 Å². The largest absolute Gasteiger partial charge is 0.469 e. The summed E-state index contributed by atoms with van der Waals surface area (Å²) in [6, 6.07) is 0. The number of likely N-dealkylation sites (tertiary alicyclic amines) is 1. The van der Waals surface area contributed by atoms with Gasteiger partial charge < -0.3 is 10.5 Å². The second-order valence-electron chi connectivity index (χ2n) is 7.25. The molecule has 0 aromatic carbocycles. The lowest BCUT2D eigenvalue weighted by Gasteiger charge is -2.42. The van der Waals surface area contributed by atoms with Crippen molar-refractivity contribution in [3.05, 3.63) is 11.8 Å². The zero-order chi connectivity index (χ0) is 16.9. The van der Waals surface area contributed by atoms with Gasteiger partial charge in [0.1, 0.15) is 0 Å². The van der Waals surface area contributed by atoms with Crippen molar-refractivity contribution in [3.8, 4) is 0 Å². The Morgan fingerprint density at radius 3 is 2.55 bits per heavy atom. The summed E-state index contributed by atoms with van der Waals surface area (Å²) < 4.78 is 4.96. The molecule has 4 nitrogen and oxygen atoms in total. The molecule has 1 aliphatic rings. The third kappa shape index (κ3) is 5.69. The van der Waals surface area contributed by atoms with Crippen LogP contribution in [-0.4, -0.2) is 42.5 Å². The van der Waals surface area contributed by atoms with Gasteiger partial charge in [-0.05, 0) is 30.3 Å². The van der Waals surface area contributed by atoms with E-state index in [0.29, 0.717) is 19.0 Å². The lowest BCUT2D eigenvalue weighted by Crippen LogP contribution is -2.48. The molecule has 1 rings (SSSR count). The van der Waals surface area contributed by atoms with Crippen molar-refractivity contribution in [2.45, 2.75) is 40.5 Å². The Morgan fingerprint density at radius 1 is 1.41 bits per heavy atom. The molecule has 1 aliphatic heterocycles. The zero-order valence-corrected chi connectivity index (χ0v) is 15.3. The van der Waals surface area contributed by atoms with Gasteiger partial charge in [0, 0.05) is 30.2 Å². The van der Waals surface area contributed by atoms with Crippen LogP contribution in [0.15, 0.2) is 11.8 Å². The van der Waals surface area contributed by atoms with Crippen molar-refractivity contribution in [2.75, 3.05) is 26.7 Å². The summed E-state index contributed by atoms with van der Waals surface area (Å²) in [5.41, 5.74) is 6.82. The van der Waals surface area contributed by atoms with Gasteiger partial charge in [-0.3, -0.25) is 9.69 Å². The quantitative estimate of drug-likeness (QED) is 0.478. The number of allylic oxidation sites excluding steroid dienone is 1. The lowest BCUT2D eigenvalue weighted by molar-refractivity contribution is -0.148. The van der Waals surface area contributed by atoms with Crippen LogP contribution in [0.5, 0.6) is 0 Å². The van der Waals surface area contributed by atoms with Crippen LogP contribution < -0.4 is 5.73 Å². The number of ether oxygens (including phenoxy) is 1. The predicted molar refractivity (Wildman–Crippen MR) is 94.7 cm³/mol. The predicted octanol–water partition coefficient (Wildman–Crippen LogP) is 2.77. The summed E-state index contributed by atoms with van der Waals surface area (Å²) >= 11 is 5.43. The van der Waals surface area contributed by atoms with Crippen molar-refractivity contribution in [1.29, 1.82) is 0 Å². The monoisotopic (exact) mass is 326 g/mol. The fourth-order valence-electron chi connectivity index (χ4n) is 2.86. The fraction of sp³-hybridized carbons (Fsp3) is 0.765. The third-order valence-corrected chi connectivity index (χ3v) is 4.67. The van der Waals surface area contributed by atoms with Crippen molar-refractivity contribution < 1.29 is 9.53 Å². The number of hydrogen-bond acceptors (Lipinski definition) is 5. The summed E-state index contributed by atoms with van der Waals surface area (Å²) in [6.07, 6.45) is 3.56. The number of carbonyl (C=O) groups is 1. The van der Waals surface area contributed by atoms with E-state index in [1.54, 1.807) is 0 Å². The smallest absolute Gasteiger partial charge is 0.309 e. The average Bonchev–Trinajstić information content (AvgIpc) is 2.44. The highest BCUT2D eigenvalue weighted by Crippen LogP contribution is 2.35.